The van der Waals surface area contributed by atoms with Crippen LogP contribution >= 0.6 is 35.6 Å². The molecule has 1 heterocycles. The van der Waals surface area contributed by atoms with Gasteiger partial charge in [-0.05, 0) is 50.3 Å². The number of halogens is 3. The number of carbonyl (C=O) groups is 1. The van der Waals surface area contributed by atoms with Gasteiger partial charge in [0.25, 0.3) is 5.91 Å². The molecule has 1 aromatic rings. The first-order chi connectivity index (χ1) is 10.1. The number of carbonyl (C=O) groups excluding carboxylic acids is 1. The van der Waals surface area contributed by atoms with Gasteiger partial charge in [0.1, 0.15) is 0 Å². The molecule has 0 bridgehead atoms. The van der Waals surface area contributed by atoms with Gasteiger partial charge in [0, 0.05) is 19.1 Å². The highest BCUT2D eigenvalue weighted by molar-refractivity contribution is 6.39. The lowest BCUT2D eigenvalue weighted by Crippen LogP contribution is -2.45. The first-order valence-corrected chi connectivity index (χ1v) is 8.37. The summed E-state index contributed by atoms with van der Waals surface area (Å²) in [7, 11) is 0. The van der Waals surface area contributed by atoms with Gasteiger partial charge in [-0.25, -0.2) is 0 Å². The Hall–Kier alpha value is -0.480. The molecule has 3 nitrogen and oxygen atoms in total. The van der Waals surface area contributed by atoms with Crippen molar-refractivity contribution in [3.05, 3.63) is 33.8 Å². The summed E-state index contributed by atoms with van der Waals surface area (Å²) >= 11 is 12.2. The SMILES string of the molecule is Cl.O=C(c1c(Cl)cccc1Cl)N1CCC(NCC2CC2)CC1. The summed E-state index contributed by atoms with van der Waals surface area (Å²) in [6.45, 7) is 2.67. The van der Waals surface area contributed by atoms with Crippen LogP contribution in [0.15, 0.2) is 18.2 Å². The van der Waals surface area contributed by atoms with Gasteiger partial charge in [-0.3, -0.25) is 4.79 Å². The third kappa shape index (κ3) is 4.29. The van der Waals surface area contributed by atoms with E-state index in [-0.39, 0.29) is 18.3 Å². The van der Waals surface area contributed by atoms with E-state index in [1.807, 2.05) is 4.90 Å². The predicted octanol–water partition coefficient (Wildman–Crippen LogP) is 4.02. The van der Waals surface area contributed by atoms with Crippen molar-refractivity contribution in [2.24, 2.45) is 5.92 Å². The molecule has 1 amide bonds. The smallest absolute Gasteiger partial charge is 0.256 e. The Labute approximate surface area is 147 Å². The van der Waals surface area contributed by atoms with E-state index in [1.165, 1.54) is 12.8 Å². The fourth-order valence-corrected chi connectivity index (χ4v) is 3.36. The Bertz CT molecular complexity index is 506. The molecular weight excluding hydrogens is 343 g/mol. The number of nitrogens with one attached hydrogen (secondary N) is 1. The van der Waals surface area contributed by atoms with Crippen molar-refractivity contribution < 1.29 is 4.79 Å². The van der Waals surface area contributed by atoms with Crippen LogP contribution in [0.1, 0.15) is 36.0 Å². The van der Waals surface area contributed by atoms with Crippen molar-refractivity contribution in [2.45, 2.75) is 31.7 Å². The quantitative estimate of drug-likeness (QED) is 0.876. The molecule has 122 valence electrons. The van der Waals surface area contributed by atoms with Crippen LogP contribution in [0.3, 0.4) is 0 Å². The second kappa shape index (κ2) is 7.87. The van der Waals surface area contributed by atoms with E-state index in [2.05, 4.69) is 5.32 Å². The van der Waals surface area contributed by atoms with Crippen LogP contribution in [-0.2, 0) is 0 Å². The molecule has 1 N–H and O–H groups in total. The van der Waals surface area contributed by atoms with Crippen molar-refractivity contribution >= 4 is 41.5 Å². The van der Waals surface area contributed by atoms with Crippen LogP contribution in [0.25, 0.3) is 0 Å². The minimum absolute atomic E-state index is 0. The molecule has 0 radical (unpaired) electrons. The molecule has 0 spiro atoms. The summed E-state index contributed by atoms with van der Waals surface area (Å²) in [5, 5.41) is 4.48. The van der Waals surface area contributed by atoms with Crippen LogP contribution < -0.4 is 5.32 Å². The molecule has 2 fully saturated rings. The Morgan fingerprint density at radius 2 is 1.73 bits per heavy atom. The summed E-state index contributed by atoms with van der Waals surface area (Å²) in [5.74, 6) is 0.845. The molecule has 1 saturated heterocycles. The lowest BCUT2D eigenvalue weighted by molar-refractivity contribution is 0.0705. The van der Waals surface area contributed by atoms with Gasteiger partial charge in [-0.15, -0.1) is 12.4 Å². The number of rotatable bonds is 4. The zero-order valence-corrected chi connectivity index (χ0v) is 14.7. The highest BCUT2D eigenvalue weighted by atomic mass is 35.5. The summed E-state index contributed by atoms with van der Waals surface area (Å²) in [5.41, 5.74) is 0.435. The highest BCUT2D eigenvalue weighted by Gasteiger charge is 2.27. The van der Waals surface area contributed by atoms with Crippen LogP contribution in [0.4, 0.5) is 0 Å². The second-order valence-corrected chi connectivity index (χ2v) is 6.83. The molecule has 2 aliphatic rings. The number of likely N-dealkylation sites (tertiary alicyclic amines) is 1. The maximum Gasteiger partial charge on any atom is 0.256 e. The third-order valence-corrected chi connectivity index (χ3v) is 4.98. The highest BCUT2D eigenvalue weighted by Crippen LogP contribution is 2.29. The molecule has 0 aromatic heterocycles. The zero-order valence-electron chi connectivity index (χ0n) is 12.4. The first kappa shape index (κ1) is 17.9. The molecule has 3 rings (SSSR count). The van der Waals surface area contributed by atoms with E-state index in [9.17, 15) is 4.79 Å². The summed E-state index contributed by atoms with van der Waals surface area (Å²) in [6.07, 6.45) is 4.74. The van der Waals surface area contributed by atoms with E-state index in [1.54, 1.807) is 18.2 Å². The van der Waals surface area contributed by atoms with Crippen molar-refractivity contribution in [3.63, 3.8) is 0 Å². The normalized spacial score (nSPS) is 18.9. The average molecular weight is 364 g/mol. The van der Waals surface area contributed by atoms with E-state index < -0.39 is 0 Å². The Kier molecular flexibility index (Phi) is 6.39. The number of amides is 1. The van der Waals surface area contributed by atoms with Crippen molar-refractivity contribution in [3.8, 4) is 0 Å². The minimum Gasteiger partial charge on any atom is -0.338 e. The molecule has 1 aromatic carbocycles. The predicted molar refractivity (Wildman–Crippen MR) is 93.4 cm³/mol. The molecule has 1 aliphatic carbocycles. The number of nitrogens with zero attached hydrogens (tertiary/aromatic N) is 1. The van der Waals surface area contributed by atoms with Gasteiger partial charge in [-0.1, -0.05) is 29.3 Å². The van der Waals surface area contributed by atoms with Gasteiger partial charge in [0.2, 0.25) is 0 Å². The average Bonchev–Trinajstić information content (AvgIpc) is 3.29. The number of piperidine rings is 1. The van der Waals surface area contributed by atoms with Gasteiger partial charge in [0.15, 0.2) is 0 Å². The summed E-state index contributed by atoms with van der Waals surface area (Å²) in [4.78, 5) is 14.4. The zero-order chi connectivity index (χ0) is 14.8. The Morgan fingerprint density at radius 1 is 1.14 bits per heavy atom. The third-order valence-electron chi connectivity index (χ3n) is 4.35. The maximum atomic E-state index is 12.6. The maximum absolute atomic E-state index is 12.6. The van der Waals surface area contributed by atoms with Gasteiger partial charge < -0.3 is 10.2 Å². The molecule has 0 atom stereocenters. The van der Waals surface area contributed by atoms with Gasteiger partial charge in [-0.2, -0.15) is 0 Å². The van der Waals surface area contributed by atoms with Crippen molar-refractivity contribution in [1.29, 1.82) is 0 Å². The fraction of sp³-hybridized carbons (Fsp3) is 0.562. The molecule has 0 unspecified atom stereocenters. The van der Waals surface area contributed by atoms with E-state index in [0.717, 1.165) is 38.4 Å². The largest absolute Gasteiger partial charge is 0.338 e. The van der Waals surface area contributed by atoms with E-state index in [4.69, 9.17) is 23.2 Å². The number of hydrogen-bond acceptors (Lipinski definition) is 2. The van der Waals surface area contributed by atoms with Gasteiger partial charge in [0.05, 0.1) is 15.6 Å². The Morgan fingerprint density at radius 3 is 2.27 bits per heavy atom. The molecule has 1 aliphatic heterocycles. The van der Waals surface area contributed by atoms with E-state index in [0.29, 0.717) is 21.7 Å². The van der Waals surface area contributed by atoms with Crippen LogP contribution in [0.2, 0.25) is 10.0 Å². The summed E-state index contributed by atoms with van der Waals surface area (Å²) in [6, 6.07) is 5.72. The van der Waals surface area contributed by atoms with Crippen molar-refractivity contribution in [1.82, 2.24) is 10.2 Å². The monoisotopic (exact) mass is 362 g/mol. The molecule has 22 heavy (non-hydrogen) atoms. The molecule has 6 heteroatoms. The van der Waals surface area contributed by atoms with Crippen LogP contribution in [-0.4, -0.2) is 36.5 Å². The lowest BCUT2D eigenvalue weighted by atomic mass is 10.0. The lowest BCUT2D eigenvalue weighted by Gasteiger charge is -2.33. The number of benzene rings is 1. The number of hydrogen-bond donors (Lipinski definition) is 1. The topological polar surface area (TPSA) is 32.3 Å². The van der Waals surface area contributed by atoms with Crippen molar-refractivity contribution in [2.75, 3.05) is 19.6 Å². The fourth-order valence-electron chi connectivity index (χ4n) is 2.80. The molecular formula is C16H21Cl3N2O. The first-order valence-electron chi connectivity index (χ1n) is 7.62. The second-order valence-electron chi connectivity index (χ2n) is 6.01. The van der Waals surface area contributed by atoms with Gasteiger partial charge >= 0.3 is 0 Å². The minimum atomic E-state index is -0.0498. The van der Waals surface area contributed by atoms with Crippen LogP contribution in [0, 0.1) is 5.92 Å². The summed E-state index contributed by atoms with van der Waals surface area (Å²) < 4.78 is 0. The van der Waals surface area contributed by atoms with E-state index >= 15 is 0 Å². The Balaban J connectivity index is 0.00000176. The van der Waals surface area contributed by atoms with Crippen LogP contribution in [0.5, 0.6) is 0 Å². The standard InChI is InChI=1S/C16H20Cl2N2O.ClH/c17-13-2-1-3-14(18)15(13)16(21)20-8-6-12(7-9-20)19-10-11-4-5-11;/h1-3,11-12,19H,4-10H2;1H. The molecule has 1 saturated carbocycles.